The van der Waals surface area contributed by atoms with Gasteiger partial charge in [-0.2, -0.15) is 0 Å². The molecule has 1 heterocycles. The highest BCUT2D eigenvalue weighted by Crippen LogP contribution is 2.22. The minimum absolute atomic E-state index is 0.0185. The van der Waals surface area contributed by atoms with Gasteiger partial charge in [0.25, 0.3) is 0 Å². The highest BCUT2D eigenvalue weighted by Gasteiger charge is 2.26. The fourth-order valence-corrected chi connectivity index (χ4v) is 3.69. The number of methoxy groups -OCH3 is 1. The van der Waals surface area contributed by atoms with Crippen LogP contribution in [0.5, 0.6) is 5.75 Å². The largest absolute Gasteiger partial charge is 0.497 e. The van der Waals surface area contributed by atoms with Crippen molar-refractivity contribution in [1.82, 2.24) is 10.2 Å². The van der Waals surface area contributed by atoms with Crippen LogP contribution in [0.15, 0.2) is 48.5 Å². The van der Waals surface area contributed by atoms with Crippen LogP contribution in [0.4, 0.5) is 0 Å². The standard InChI is InChI=1S/C22H27ClN2O2/c1-16(18-7-11-21(27-2)12-8-18)24-22(26)19-4-3-13-25(15-19)14-17-5-9-20(23)10-6-17/h5-12,16,19H,3-4,13-15H2,1-2H3,(H,24,26)/t16-,19+/m0/s1. The van der Waals surface area contributed by atoms with Crippen LogP contribution in [-0.2, 0) is 11.3 Å². The zero-order chi connectivity index (χ0) is 19.2. The average Bonchev–Trinajstić information content (AvgIpc) is 2.70. The second-order valence-corrected chi connectivity index (χ2v) is 7.64. The van der Waals surface area contributed by atoms with Crippen molar-refractivity contribution in [2.45, 2.75) is 32.4 Å². The van der Waals surface area contributed by atoms with E-state index in [4.69, 9.17) is 16.3 Å². The van der Waals surface area contributed by atoms with Gasteiger partial charge in [-0.25, -0.2) is 0 Å². The fraction of sp³-hybridized carbons (Fsp3) is 0.409. The molecule has 144 valence electrons. The van der Waals surface area contributed by atoms with Gasteiger partial charge in [-0.15, -0.1) is 0 Å². The summed E-state index contributed by atoms with van der Waals surface area (Å²) in [6.07, 6.45) is 1.99. The number of carbonyl (C=O) groups excluding carboxylic acids is 1. The van der Waals surface area contributed by atoms with Gasteiger partial charge in [-0.3, -0.25) is 9.69 Å². The molecular formula is C22H27ClN2O2. The molecule has 0 radical (unpaired) electrons. The molecule has 2 aromatic rings. The lowest BCUT2D eigenvalue weighted by Gasteiger charge is -2.32. The number of likely N-dealkylation sites (tertiary alicyclic amines) is 1. The van der Waals surface area contributed by atoms with Gasteiger partial charge >= 0.3 is 0 Å². The number of nitrogens with one attached hydrogen (secondary N) is 1. The van der Waals surface area contributed by atoms with Crippen LogP contribution >= 0.6 is 11.6 Å². The van der Waals surface area contributed by atoms with Gasteiger partial charge in [0.15, 0.2) is 0 Å². The molecule has 1 amide bonds. The zero-order valence-corrected chi connectivity index (χ0v) is 16.7. The third-order valence-electron chi connectivity index (χ3n) is 5.17. The van der Waals surface area contributed by atoms with Gasteiger partial charge in [0.05, 0.1) is 19.1 Å². The molecule has 1 N–H and O–H groups in total. The first-order valence-electron chi connectivity index (χ1n) is 9.46. The molecule has 0 aromatic heterocycles. The monoisotopic (exact) mass is 386 g/mol. The minimum Gasteiger partial charge on any atom is -0.497 e. The van der Waals surface area contributed by atoms with Crippen LogP contribution in [0.25, 0.3) is 0 Å². The van der Waals surface area contributed by atoms with E-state index in [1.807, 2.05) is 43.3 Å². The lowest BCUT2D eigenvalue weighted by atomic mass is 9.96. The molecule has 1 fully saturated rings. The second kappa shape index (κ2) is 9.25. The van der Waals surface area contributed by atoms with Crippen molar-refractivity contribution in [2.24, 2.45) is 5.92 Å². The third-order valence-corrected chi connectivity index (χ3v) is 5.42. The van der Waals surface area contributed by atoms with E-state index in [0.29, 0.717) is 0 Å². The Morgan fingerprint density at radius 1 is 1.22 bits per heavy atom. The van der Waals surface area contributed by atoms with Gasteiger partial charge in [-0.1, -0.05) is 35.9 Å². The molecule has 4 nitrogen and oxygen atoms in total. The molecule has 2 aromatic carbocycles. The van der Waals surface area contributed by atoms with Crippen LogP contribution in [-0.4, -0.2) is 31.0 Å². The molecule has 5 heteroatoms. The molecule has 0 saturated carbocycles. The molecule has 0 bridgehead atoms. The van der Waals surface area contributed by atoms with Crippen molar-refractivity contribution in [3.05, 3.63) is 64.7 Å². The van der Waals surface area contributed by atoms with Gasteiger partial charge in [0.2, 0.25) is 5.91 Å². The van der Waals surface area contributed by atoms with Crippen molar-refractivity contribution in [1.29, 1.82) is 0 Å². The first kappa shape index (κ1) is 19.7. The van der Waals surface area contributed by atoms with Crippen molar-refractivity contribution < 1.29 is 9.53 Å². The molecule has 1 saturated heterocycles. The number of piperidine rings is 1. The third kappa shape index (κ3) is 5.47. The maximum absolute atomic E-state index is 12.8. The summed E-state index contributed by atoms with van der Waals surface area (Å²) >= 11 is 5.96. The fourth-order valence-electron chi connectivity index (χ4n) is 3.57. The Hall–Kier alpha value is -2.04. The van der Waals surface area contributed by atoms with Gasteiger partial charge < -0.3 is 10.1 Å². The quantitative estimate of drug-likeness (QED) is 0.798. The lowest BCUT2D eigenvalue weighted by Crippen LogP contribution is -2.43. The van der Waals surface area contributed by atoms with Gasteiger partial charge in [0, 0.05) is 18.1 Å². The first-order valence-corrected chi connectivity index (χ1v) is 9.84. The molecule has 3 rings (SSSR count). The van der Waals surface area contributed by atoms with Gasteiger partial charge in [0.1, 0.15) is 5.75 Å². The Bertz CT molecular complexity index is 746. The van der Waals surface area contributed by atoms with Crippen LogP contribution < -0.4 is 10.1 Å². The molecule has 0 aliphatic carbocycles. The normalized spacial score (nSPS) is 18.7. The van der Waals surface area contributed by atoms with E-state index in [2.05, 4.69) is 22.3 Å². The minimum atomic E-state index is -0.0185. The van der Waals surface area contributed by atoms with E-state index in [9.17, 15) is 4.79 Å². The summed E-state index contributed by atoms with van der Waals surface area (Å²) in [6.45, 7) is 4.70. The van der Waals surface area contributed by atoms with Crippen molar-refractivity contribution >= 4 is 17.5 Å². The summed E-state index contributed by atoms with van der Waals surface area (Å²) in [4.78, 5) is 15.1. The van der Waals surface area contributed by atoms with E-state index in [0.717, 1.165) is 48.8 Å². The summed E-state index contributed by atoms with van der Waals surface area (Å²) in [6, 6.07) is 15.8. The molecule has 0 unspecified atom stereocenters. The van der Waals surface area contributed by atoms with Gasteiger partial charge in [-0.05, 0) is 61.7 Å². The smallest absolute Gasteiger partial charge is 0.224 e. The highest BCUT2D eigenvalue weighted by molar-refractivity contribution is 6.30. The topological polar surface area (TPSA) is 41.6 Å². The van der Waals surface area contributed by atoms with Crippen molar-refractivity contribution in [3.63, 3.8) is 0 Å². The zero-order valence-electron chi connectivity index (χ0n) is 16.0. The predicted molar refractivity (Wildman–Crippen MR) is 109 cm³/mol. The molecule has 0 spiro atoms. The van der Waals surface area contributed by atoms with Crippen molar-refractivity contribution in [2.75, 3.05) is 20.2 Å². The Morgan fingerprint density at radius 2 is 1.93 bits per heavy atom. The summed E-state index contributed by atoms with van der Waals surface area (Å²) in [5, 5.41) is 3.92. The maximum atomic E-state index is 12.8. The summed E-state index contributed by atoms with van der Waals surface area (Å²) < 4.78 is 5.19. The Balaban J connectivity index is 1.54. The van der Waals surface area contributed by atoms with Crippen LogP contribution in [0.3, 0.4) is 0 Å². The van der Waals surface area contributed by atoms with Crippen LogP contribution in [0, 0.1) is 5.92 Å². The number of carbonyl (C=O) groups is 1. The molecule has 1 aliphatic heterocycles. The highest BCUT2D eigenvalue weighted by atomic mass is 35.5. The number of benzene rings is 2. The van der Waals surface area contributed by atoms with E-state index in [1.54, 1.807) is 7.11 Å². The van der Waals surface area contributed by atoms with E-state index >= 15 is 0 Å². The Morgan fingerprint density at radius 3 is 2.59 bits per heavy atom. The number of rotatable bonds is 6. The Labute approximate surface area is 166 Å². The summed E-state index contributed by atoms with van der Waals surface area (Å²) in [5.41, 5.74) is 2.31. The molecule has 27 heavy (non-hydrogen) atoms. The van der Waals surface area contributed by atoms with Crippen LogP contribution in [0.2, 0.25) is 5.02 Å². The number of nitrogens with zero attached hydrogens (tertiary/aromatic N) is 1. The SMILES string of the molecule is COc1ccc([C@H](C)NC(=O)[C@@H]2CCCN(Cc3ccc(Cl)cc3)C2)cc1. The molecule has 2 atom stereocenters. The van der Waals surface area contributed by atoms with E-state index < -0.39 is 0 Å². The number of hydrogen-bond acceptors (Lipinski definition) is 3. The summed E-state index contributed by atoms with van der Waals surface area (Å²) in [7, 11) is 1.65. The maximum Gasteiger partial charge on any atom is 0.224 e. The number of hydrogen-bond donors (Lipinski definition) is 1. The lowest BCUT2D eigenvalue weighted by molar-refractivity contribution is -0.127. The number of ether oxygens (including phenoxy) is 1. The van der Waals surface area contributed by atoms with Crippen LogP contribution in [0.1, 0.15) is 36.9 Å². The van der Waals surface area contributed by atoms with E-state index in [1.165, 1.54) is 5.56 Å². The average molecular weight is 387 g/mol. The number of amides is 1. The molecular weight excluding hydrogens is 360 g/mol. The second-order valence-electron chi connectivity index (χ2n) is 7.20. The first-order chi connectivity index (χ1) is 13.0. The van der Waals surface area contributed by atoms with E-state index in [-0.39, 0.29) is 17.9 Å². The van der Waals surface area contributed by atoms with Crippen molar-refractivity contribution in [3.8, 4) is 5.75 Å². The molecule has 1 aliphatic rings. The predicted octanol–water partition coefficient (Wildman–Crippen LogP) is 4.44. The summed E-state index contributed by atoms with van der Waals surface area (Å²) in [5.74, 6) is 0.994. The Kier molecular flexibility index (Phi) is 6.75. The number of halogens is 1.